The van der Waals surface area contributed by atoms with Crippen molar-refractivity contribution >= 4 is 21.8 Å². The second-order valence-corrected chi connectivity index (χ2v) is 15.0. The molecule has 3 aliphatic rings. The van der Waals surface area contributed by atoms with Gasteiger partial charge in [0.2, 0.25) is 15.9 Å². The highest BCUT2D eigenvalue weighted by atomic mass is 32.2. The van der Waals surface area contributed by atoms with E-state index < -0.39 is 10.0 Å². The number of carbonyl (C=O) groups is 2. The molecule has 13 heteroatoms. The van der Waals surface area contributed by atoms with E-state index in [1.807, 2.05) is 4.90 Å². The van der Waals surface area contributed by atoms with Crippen molar-refractivity contribution in [1.82, 2.24) is 29.3 Å². The maximum Gasteiger partial charge on any atom is 0.251 e. The molecule has 0 saturated carbocycles. The van der Waals surface area contributed by atoms with Crippen LogP contribution in [0.3, 0.4) is 0 Å². The number of piperazine rings is 1. The largest absolute Gasteiger partial charge is 0.497 e. The van der Waals surface area contributed by atoms with Gasteiger partial charge in [-0.15, -0.1) is 0 Å². The van der Waals surface area contributed by atoms with Gasteiger partial charge in [0, 0.05) is 81.9 Å². The summed E-state index contributed by atoms with van der Waals surface area (Å²) in [7, 11) is -0.0692. The number of nitrogens with one attached hydrogen (secondary N) is 1. The molecular weight excluding hydrogens is 620 g/mol. The van der Waals surface area contributed by atoms with Gasteiger partial charge in [-0.25, -0.2) is 8.42 Å². The number of piperidine rings is 2. The molecule has 3 saturated heterocycles. The molecule has 0 spiro atoms. The van der Waals surface area contributed by atoms with Crippen LogP contribution >= 0.6 is 0 Å². The molecule has 1 atom stereocenters. The molecule has 47 heavy (non-hydrogen) atoms. The summed E-state index contributed by atoms with van der Waals surface area (Å²) >= 11 is 0. The maximum absolute atomic E-state index is 13.9. The van der Waals surface area contributed by atoms with Crippen molar-refractivity contribution in [1.29, 1.82) is 0 Å². The number of methoxy groups -OCH3 is 1. The number of nitrogens with zero attached hydrogens (tertiary/aromatic N) is 5. The Kier molecular flexibility index (Phi) is 11.5. The van der Waals surface area contributed by atoms with Crippen molar-refractivity contribution in [2.75, 3.05) is 79.7 Å². The predicted molar refractivity (Wildman–Crippen MR) is 179 cm³/mol. The molecule has 3 aliphatic heterocycles. The Morgan fingerprint density at radius 3 is 2.28 bits per heavy atom. The summed E-state index contributed by atoms with van der Waals surface area (Å²) in [6, 6.07) is 6.59. The van der Waals surface area contributed by atoms with Crippen LogP contribution in [-0.2, 0) is 19.6 Å². The van der Waals surface area contributed by atoms with Gasteiger partial charge in [-0.3, -0.25) is 19.5 Å². The van der Waals surface area contributed by atoms with Crippen LogP contribution in [0.5, 0.6) is 5.75 Å². The van der Waals surface area contributed by atoms with Crippen LogP contribution in [0.15, 0.2) is 41.6 Å². The van der Waals surface area contributed by atoms with Crippen LogP contribution in [0.4, 0.5) is 0 Å². The second kappa shape index (κ2) is 15.4. The van der Waals surface area contributed by atoms with E-state index in [4.69, 9.17) is 9.47 Å². The third-order valence-corrected chi connectivity index (χ3v) is 12.3. The zero-order chi connectivity index (χ0) is 33.6. The fourth-order valence-electron chi connectivity index (χ4n) is 7.29. The third-order valence-electron chi connectivity index (χ3n) is 10.1. The third kappa shape index (κ3) is 8.14. The monoisotopic (exact) mass is 670 g/mol. The minimum atomic E-state index is -3.76. The van der Waals surface area contributed by atoms with Gasteiger partial charge in [-0.05, 0) is 82.0 Å². The van der Waals surface area contributed by atoms with Gasteiger partial charge in [0.05, 0.1) is 18.6 Å². The molecule has 12 nitrogen and oxygen atoms in total. The number of pyridine rings is 1. The summed E-state index contributed by atoms with van der Waals surface area (Å²) in [5, 5.41) is 3.16. The van der Waals surface area contributed by atoms with E-state index in [2.05, 4.69) is 27.1 Å². The highest BCUT2D eigenvalue weighted by Crippen LogP contribution is 2.33. The first-order chi connectivity index (χ1) is 22.5. The first-order valence-electron chi connectivity index (χ1n) is 16.7. The molecule has 0 radical (unpaired) electrons. The lowest BCUT2D eigenvalue weighted by molar-refractivity contribution is -0.139. The van der Waals surface area contributed by atoms with Crippen LogP contribution in [0.2, 0.25) is 0 Å². The molecule has 0 aliphatic carbocycles. The van der Waals surface area contributed by atoms with Crippen LogP contribution < -0.4 is 10.1 Å². The quantitative estimate of drug-likeness (QED) is 0.384. The number of benzene rings is 1. The van der Waals surface area contributed by atoms with Crippen LogP contribution in [0, 0.1) is 13.8 Å². The van der Waals surface area contributed by atoms with Gasteiger partial charge < -0.3 is 24.6 Å². The second-order valence-electron chi connectivity index (χ2n) is 13.2. The smallest absolute Gasteiger partial charge is 0.251 e. The Balaban J connectivity index is 1.18. The Hall–Kier alpha value is -3.10. The van der Waals surface area contributed by atoms with E-state index in [0.29, 0.717) is 59.9 Å². The molecule has 1 N–H and O–H groups in total. The number of amides is 2. The molecule has 3 fully saturated rings. The number of aryl methyl sites for hydroxylation is 2. The lowest BCUT2D eigenvalue weighted by Crippen LogP contribution is -2.64. The summed E-state index contributed by atoms with van der Waals surface area (Å²) in [6.07, 6.45) is 7.10. The number of likely N-dealkylation sites (N-methyl/N-ethyl adjacent to an activating group) is 1. The van der Waals surface area contributed by atoms with Gasteiger partial charge in [-0.2, -0.15) is 4.31 Å². The fourth-order valence-corrected chi connectivity index (χ4v) is 9.39. The Labute approximate surface area is 279 Å². The number of hydrogen-bond acceptors (Lipinski definition) is 9. The Bertz CT molecular complexity index is 1470. The van der Waals surface area contributed by atoms with Crippen LogP contribution in [0.1, 0.15) is 53.6 Å². The lowest BCUT2D eigenvalue weighted by Gasteiger charge is -2.51. The fraction of sp³-hybridized carbons (Fsp3) is 0.618. The zero-order valence-corrected chi connectivity index (χ0v) is 29.1. The number of carbonyl (C=O) groups excluding carboxylic acids is 2. The molecular formula is C34H50N6O6S. The highest BCUT2D eigenvalue weighted by Gasteiger charge is 2.42. The number of ether oxygens (including phenoxy) is 2. The minimum Gasteiger partial charge on any atom is -0.497 e. The topological polar surface area (TPSA) is 125 Å². The molecule has 1 unspecified atom stereocenters. The summed E-state index contributed by atoms with van der Waals surface area (Å²) in [5.74, 6) is 0.415. The number of rotatable bonds is 11. The number of hydrogen-bond donors (Lipinski definition) is 1. The van der Waals surface area contributed by atoms with E-state index in [-0.39, 0.29) is 36.6 Å². The van der Waals surface area contributed by atoms with Crippen molar-refractivity contribution in [3.8, 4) is 5.75 Å². The van der Waals surface area contributed by atoms with Crippen molar-refractivity contribution < 1.29 is 27.5 Å². The normalized spacial score (nSPS) is 21.4. The average molecular weight is 671 g/mol. The first kappa shape index (κ1) is 35.2. The molecule has 4 heterocycles. The molecule has 2 amide bonds. The molecule has 5 rings (SSSR count). The zero-order valence-electron chi connectivity index (χ0n) is 28.2. The lowest BCUT2D eigenvalue weighted by atomic mass is 9.84. The SMILES string of the molecule is COc1cc(C)c(S(=O)(=O)N2CCCCC2COCC(=O)N2CCC(CNC(=O)c3ccncc3)(N3CCN(C)CC3)CC2)c(C)c1. The first-order valence-corrected chi connectivity index (χ1v) is 18.1. The number of sulfonamides is 1. The number of likely N-dealkylation sites (tertiary alicyclic amines) is 1. The van der Waals surface area contributed by atoms with Crippen molar-refractivity contribution in [2.45, 2.75) is 62.4 Å². The van der Waals surface area contributed by atoms with Gasteiger partial charge in [0.25, 0.3) is 5.91 Å². The minimum absolute atomic E-state index is 0.0920. The summed E-state index contributed by atoms with van der Waals surface area (Å²) in [4.78, 5) is 37.2. The predicted octanol–water partition coefficient (Wildman–Crippen LogP) is 2.31. The van der Waals surface area contributed by atoms with Crippen molar-refractivity contribution in [3.05, 3.63) is 53.3 Å². The molecule has 1 aromatic heterocycles. The Morgan fingerprint density at radius 2 is 1.64 bits per heavy atom. The van der Waals surface area contributed by atoms with E-state index >= 15 is 0 Å². The van der Waals surface area contributed by atoms with E-state index in [9.17, 15) is 18.0 Å². The van der Waals surface area contributed by atoms with Gasteiger partial charge in [-0.1, -0.05) is 6.42 Å². The summed E-state index contributed by atoms with van der Waals surface area (Å²) < 4.78 is 40.6. The average Bonchev–Trinajstić information content (AvgIpc) is 3.07. The number of aromatic nitrogens is 1. The van der Waals surface area contributed by atoms with Crippen molar-refractivity contribution in [3.63, 3.8) is 0 Å². The van der Waals surface area contributed by atoms with E-state index in [1.54, 1.807) is 61.9 Å². The molecule has 1 aromatic carbocycles. The standard InChI is InChI=1S/C34H50N6O6S/c1-26-21-30(45-4)22-27(2)32(26)47(43,44)40-14-6-5-7-29(40)23-46-24-31(41)38-15-10-34(11-16-38,39-19-17-37(3)18-20-39)25-36-33(42)28-8-12-35-13-9-28/h8-9,12-13,21-22,29H,5-7,10-11,14-20,23-25H2,1-4H3,(H,36,42). The molecule has 258 valence electrons. The summed E-state index contributed by atoms with van der Waals surface area (Å²) in [6.45, 7) is 9.48. The van der Waals surface area contributed by atoms with Crippen LogP contribution in [0.25, 0.3) is 0 Å². The molecule has 2 aromatic rings. The summed E-state index contributed by atoms with van der Waals surface area (Å²) in [5.41, 5.74) is 1.64. The molecule has 0 bridgehead atoms. The maximum atomic E-state index is 13.9. The van der Waals surface area contributed by atoms with Crippen molar-refractivity contribution in [2.24, 2.45) is 0 Å². The Morgan fingerprint density at radius 1 is 0.979 bits per heavy atom. The highest BCUT2D eigenvalue weighted by molar-refractivity contribution is 7.89. The van der Waals surface area contributed by atoms with E-state index in [1.165, 1.54) is 0 Å². The van der Waals surface area contributed by atoms with Gasteiger partial charge in [0.15, 0.2) is 0 Å². The van der Waals surface area contributed by atoms with Crippen LogP contribution in [-0.4, -0.2) is 136 Å². The van der Waals surface area contributed by atoms with Gasteiger partial charge >= 0.3 is 0 Å². The van der Waals surface area contributed by atoms with E-state index in [0.717, 1.165) is 51.9 Å². The van der Waals surface area contributed by atoms with Gasteiger partial charge in [0.1, 0.15) is 12.4 Å².